The average molecular weight is 322 g/mol. The number of thiophene rings is 1. The normalized spacial score (nSPS) is 13.7. The summed E-state index contributed by atoms with van der Waals surface area (Å²) in [6.07, 6.45) is 5.54. The third-order valence-electron chi connectivity index (χ3n) is 2.88. The Morgan fingerprint density at radius 2 is 2.27 bits per heavy atom. The van der Waals surface area contributed by atoms with Crippen LogP contribution in [0, 0.1) is 10.1 Å². The standard InChI is InChI=1S/C13H14N4O4S/c1-14-15-13(19)9-3-2-4-16(6-9)7-11(18)12-5-10(8-22-12)17(20)21/h2,4-6,8,14H,3,7H2,1H3,(H,15,19). The van der Waals surface area contributed by atoms with Crippen molar-refractivity contribution < 1.29 is 14.5 Å². The van der Waals surface area contributed by atoms with Gasteiger partial charge < -0.3 is 4.90 Å². The largest absolute Gasteiger partial charge is 0.346 e. The number of Topliss-reactive ketones (excluding diaryl/α,β-unsaturated/α-hetero) is 1. The van der Waals surface area contributed by atoms with Gasteiger partial charge in [0.15, 0.2) is 5.78 Å². The topological polar surface area (TPSA) is 105 Å². The van der Waals surface area contributed by atoms with Crippen molar-refractivity contribution in [2.24, 2.45) is 0 Å². The molecule has 9 heteroatoms. The Balaban J connectivity index is 2.04. The molecule has 0 aromatic carbocycles. The van der Waals surface area contributed by atoms with E-state index >= 15 is 0 Å². The minimum Gasteiger partial charge on any atom is -0.346 e. The Morgan fingerprint density at radius 3 is 2.91 bits per heavy atom. The van der Waals surface area contributed by atoms with Crippen LogP contribution in [0.25, 0.3) is 0 Å². The average Bonchev–Trinajstić information content (AvgIpc) is 2.98. The number of carbonyl (C=O) groups is 2. The molecule has 0 saturated carbocycles. The summed E-state index contributed by atoms with van der Waals surface area (Å²) in [5.74, 6) is -0.509. The first-order valence-electron chi connectivity index (χ1n) is 6.37. The Morgan fingerprint density at radius 1 is 1.50 bits per heavy atom. The number of ketones is 1. The van der Waals surface area contributed by atoms with Gasteiger partial charge in [-0.1, -0.05) is 6.08 Å². The molecule has 2 rings (SSSR count). The number of carbonyl (C=O) groups excluding carboxylic acids is 2. The second-order valence-corrected chi connectivity index (χ2v) is 5.38. The van der Waals surface area contributed by atoms with Gasteiger partial charge in [-0.2, -0.15) is 0 Å². The van der Waals surface area contributed by atoms with Crippen molar-refractivity contribution in [2.75, 3.05) is 13.6 Å². The van der Waals surface area contributed by atoms with Gasteiger partial charge in [0.05, 0.1) is 21.7 Å². The lowest BCUT2D eigenvalue weighted by atomic mass is 10.1. The van der Waals surface area contributed by atoms with Gasteiger partial charge >= 0.3 is 0 Å². The smallest absolute Gasteiger partial charge is 0.280 e. The van der Waals surface area contributed by atoms with Gasteiger partial charge in [-0.15, -0.1) is 11.3 Å². The fourth-order valence-electron chi connectivity index (χ4n) is 1.87. The highest BCUT2D eigenvalue weighted by Crippen LogP contribution is 2.22. The Labute approximate surface area is 130 Å². The summed E-state index contributed by atoms with van der Waals surface area (Å²) in [5.41, 5.74) is 5.43. The monoisotopic (exact) mass is 322 g/mol. The molecule has 0 fully saturated rings. The summed E-state index contributed by atoms with van der Waals surface area (Å²) in [7, 11) is 1.59. The van der Waals surface area contributed by atoms with Crippen LogP contribution in [0.3, 0.4) is 0 Å². The summed E-state index contributed by atoms with van der Waals surface area (Å²) in [4.78, 5) is 35.8. The maximum absolute atomic E-state index is 12.1. The van der Waals surface area contributed by atoms with E-state index in [1.807, 2.05) is 0 Å². The zero-order valence-corrected chi connectivity index (χ0v) is 12.6. The quantitative estimate of drug-likeness (QED) is 0.463. The van der Waals surface area contributed by atoms with E-state index in [9.17, 15) is 19.7 Å². The predicted molar refractivity (Wildman–Crippen MR) is 81.1 cm³/mol. The molecule has 2 heterocycles. The Bertz CT molecular complexity index is 665. The molecule has 0 atom stereocenters. The number of rotatable bonds is 6. The number of hydrazine groups is 1. The Hall–Kier alpha value is -2.52. The second-order valence-electron chi connectivity index (χ2n) is 4.47. The van der Waals surface area contributed by atoms with Crippen molar-refractivity contribution >= 4 is 28.7 Å². The summed E-state index contributed by atoms with van der Waals surface area (Å²) in [6, 6.07) is 1.26. The lowest BCUT2D eigenvalue weighted by Gasteiger charge is -2.20. The van der Waals surface area contributed by atoms with E-state index < -0.39 is 4.92 Å². The molecule has 0 saturated heterocycles. The van der Waals surface area contributed by atoms with E-state index in [0.717, 1.165) is 11.3 Å². The van der Waals surface area contributed by atoms with Crippen molar-refractivity contribution in [3.05, 3.63) is 50.5 Å². The number of hydrogen-bond acceptors (Lipinski definition) is 7. The van der Waals surface area contributed by atoms with Crippen molar-refractivity contribution in [2.45, 2.75) is 6.42 Å². The lowest BCUT2D eigenvalue weighted by molar-refractivity contribution is -0.384. The molecule has 1 aliphatic rings. The number of nitrogens with zero attached hydrogens (tertiary/aromatic N) is 2. The van der Waals surface area contributed by atoms with Crippen LogP contribution in [-0.2, 0) is 4.79 Å². The van der Waals surface area contributed by atoms with Crippen molar-refractivity contribution in [1.29, 1.82) is 0 Å². The zero-order valence-electron chi connectivity index (χ0n) is 11.7. The highest BCUT2D eigenvalue weighted by molar-refractivity contribution is 7.12. The summed E-state index contributed by atoms with van der Waals surface area (Å²) >= 11 is 1.04. The molecule has 1 aromatic rings. The van der Waals surface area contributed by atoms with Crippen molar-refractivity contribution in [3.8, 4) is 0 Å². The predicted octanol–water partition coefficient (Wildman–Crippen LogP) is 1.19. The molecule has 0 bridgehead atoms. The van der Waals surface area contributed by atoms with Crippen LogP contribution in [0.15, 0.2) is 35.5 Å². The number of nitro groups is 1. The molecular formula is C13H14N4O4S. The van der Waals surface area contributed by atoms with Crippen LogP contribution in [-0.4, -0.2) is 35.1 Å². The van der Waals surface area contributed by atoms with Crippen LogP contribution in [0.1, 0.15) is 16.1 Å². The van der Waals surface area contributed by atoms with Crippen LogP contribution in [0.2, 0.25) is 0 Å². The highest BCUT2D eigenvalue weighted by atomic mass is 32.1. The van der Waals surface area contributed by atoms with Gasteiger partial charge in [-0.05, 0) is 6.42 Å². The molecule has 2 N–H and O–H groups in total. The molecule has 116 valence electrons. The zero-order chi connectivity index (χ0) is 16.1. The first-order valence-corrected chi connectivity index (χ1v) is 7.25. The first-order chi connectivity index (χ1) is 10.5. The second kappa shape index (κ2) is 6.96. The van der Waals surface area contributed by atoms with Crippen molar-refractivity contribution in [3.63, 3.8) is 0 Å². The van der Waals surface area contributed by atoms with Gasteiger partial charge in [0.1, 0.15) is 0 Å². The minimum atomic E-state index is -0.534. The molecule has 1 aromatic heterocycles. The molecule has 0 unspecified atom stereocenters. The molecule has 22 heavy (non-hydrogen) atoms. The van der Waals surface area contributed by atoms with E-state index in [1.165, 1.54) is 11.4 Å². The molecule has 1 aliphatic heterocycles. The molecule has 0 radical (unpaired) electrons. The van der Waals surface area contributed by atoms with Gasteiger partial charge in [0.25, 0.3) is 11.6 Å². The molecule has 0 spiro atoms. The number of allylic oxidation sites excluding steroid dienone is 1. The lowest BCUT2D eigenvalue weighted by Crippen LogP contribution is -2.36. The van der Waals surface area contributed by atoms with E-state index in [1.54, 1.807) is 30.4 Å². The highest BCUT2D eigenvalue weighted by Gasteiger charge is 2.18. The molecule has 0 aliphatic carbocycles. The maximum Gasteiger partial charge on any atom is 0.280 e. The van der Waals surface area contributed by atoms with E-state index in [2.05, 4.69) is 10.9 Å². The number of amides is 1. The molecule has 1 amide bonds. The number of nitrogens with one attached hydrogen (secondary N) is 2. The fourth-order valence-corrected chi connectivity index (χ4v) is 2.65. The molecular weight excluding hydrogens is 308 g/mol. The minimum absolute atomic E-state index is 0.0184. The fraction of sp³-hybridized carbons (Fsp3) is 0.231. The number of hydrogen-bond donors (Lipinski definition) is 2. The summed E-state index contributed by atoms with van der Waals surface area (Å²) < 4.78 is 0. The van der Waals surface area contributed by atoms with Gasteiger partial charge in [0.2, 0.25) is 0 Å². The van der Waals surface area contributed by atoms with E-state index in [0.29, 0.717) is 16.9 Å². The van der Waals surface area contributed by atoms with Crippen LogP contribution in [0.5, 0.6) is 0 Å². The summed E-state index contributed by atoms with van der Waals surface area (Å²) in [5, 5.41) is 12.0. The maximum atomic E-state index is 12.1. The first kappa shape index (κ1) is 15.9. The van der Waals surface area contributed by atoms with E-state index in [-0.39, 0.29) is 23.9 Å². The van der Waals surface area contributed by atoms with Crippen LogP contribution in [0.4, 0.5) is 5.69 Å². The van der Waals surface area contributed by atoms with Crippen LogP contribution >= 0.6 is 11.3 Å². The third-order valence-corrected chi connectivity index (χ3v) is 3.84. The van der Waals surface area contributed by atoms with Crippen LogP contribution < -0.4 is 10.9 Å². The SMILES string of the molecule is CNNC(=O)C1=CN(CC(=O)c2cc([N+](=O)[O-])cs2)C=CC1. The summed E-state index contributed by atoms with van der Waals surface area (Å²) in [6.45, 7) is 0.0184. The third kappa shape index (κ3) is 3.77. The van der Waals surface area contributed by atoms with Crippen molar-refractivity contribution in [1.82, 2.24) is 15.8 Å². The van der Waals surface area contributed by atoms with E-state index in [4.69, 9.17) is 0 Å². The van der Waals surface area contributed by atoms with Gasteiger partial charge in [-0.3, -0.25) is 25.1 Å². The molecule has 8 nitrogen and oxygen atoms in total. The van der Waals surface area contributed by atoms with Gasteiger partial charge in [0, 0.05) is 31.1 Å². The Kier molecular flexibility index (Phi) is 5.02. The van der Waals surface area contributed by atoms with Gasteiger partial charge in [-0.25, -0.2) is 5.43 Å².